The standard InChI is InChI=1S/C27H35F3N2O5.C2H6/c1-7-16(2)23-17(9-8-10-21(23)36-11-12-37-27(28,29)30)24-19-13-20(33)18(25(34)35)14-32(19)22(15-31(24)6)26(3,4)5;1-2/h8-10,13-14,16,22-23H,7,11-12,15H2,1-6H3,(H,34,35);1-2H3/b24-17-;. The van der Waals surface area contributed by atoms with Gasteiger partial charge in [0.05, 0.1) is 24.0 Å². The fraction of sp³-hybridized carbons (Fsp3) is 0.586. The van der Waals surface area contributed by atoms with Gasteiger partial charge in [0.15, 0.2) is 5.43 Å². The highest BCUT2D eigenvalue weighted by Crippen LogP contribution is 2.44. The van der Waals surface area contributed by atoms with E-state index in [1.54, 1.807) is 12.2 Å². The van der Waals surface area contributed by atoms with Crippen LogP contribution < -0.4 is 5.43 Å². The third-order valence-corrected chi connectivity index (χ3v) is 7.00. The maximum atomic E-state index is 12.8. The molecule has 1 aliphatic heterocycles. The van der Waals surface area contributed by atoms with Crippen LogP contribution in [-0.4, -0.2) is 53.7 Å². The van der Waals surface area contributed by atoms with Crippen molar-refractivity contribution in [1.29, 1.82) is 0 Å². The van der Waals surface area contributed by atoms with Crippen LogP contribution in [0.3, 0.4) is 0 Å². The topological polar surface area (TPSA) is 81.0 Å². The molecule has 1 N–H and O–H groups in total. The summed E-state index contributed by atoms with van der Waals surface area (Å²) in [6.45, 7) is 13.9. The minimum atomic E-state index is -4.73. The predicted octanol–water partition coefficient (Wildman–Crippen LogP) is 6.49. The lowest BCUT2D eigenvalue weighted by Gasteiger charge is -2.45. The first kappa shape index (κ1) is 32.2. The first-order chi connectivity index (χ1) is 18.2. The van der Waals surface area contributed by atoms with Crippen LogP contribution in [-0.2, 0) is 9.47 Å². The Hall–Kier alpha value is -3.01. The summed E-state index contributed by atoms with van der Waals surface area (Å²) in [5, 5.41) is 9.61. The van der Waals surface area contributed by atoms with E-state index in [4.69, 9.17) is 4.74 Å². The predicted molar refractivity (Wildman–Crippen MR) is 145 cm³/mol. The number of carbonyl (C=O) groups is 1. The second-order valence-corrected chi connectivity index (χ2v) is 10.6. The van der Waals surface area contributed by atoms with Gasteiger partial charge in [-0.05, 0) is 23.0 Å². The molecule has 1 aromatic rings. The Bertz CT molecular complexity index is 1170. The Balaban J connectivity index is 0.00000260. The summed E-state index contributed by atoms with van der Waals surface area (Å²) >= 11 is 0. The van der Waals surface area contributed by atoms with Crippen LogP contribution in [0.1, 0.15) is 77.0 Å². The van der Waals surface area contributed by atoms with Gasteiger partial charge in [0.1, 0.15) is 17.9 Å². The van der Waals surface area contributed by atoms with Crippen molar-refractivity contribution in [2.45, 2.75) is 67.3 Å². The first-order valence-corrected chi connectivity index (χ1v) is 13.3. The number of alkyl halides is 3. The molecule has 10 heteroatoms. The van der Waals surface area contributed by atoms with Crippen molar-refractivity contribution in [2.75, 3.05) is 26.8 Å². The molecule has 0 aromatic carbocycles. The van der Waals surface area contributed by atoms with Gasteiger partial charge in [0, 0.05) is 31.8 Å². The lowest BCUT2D eigenvalue weighted by atomic mass is 9.78. The van der Waals surface area contributed by atoms with Crippen LogP contribution in [0.4, 0.5) is 13.2 Å². The number of carboxylic acids is 1. The van der Waals surface area contributed by atoms with Crippen molar-refractivity contribution >= 4 is 11.7 Å². The second kappa shape index (κ2) is 12.9. The lowest BCUT2D eigenvalue weighted by molar-refractivity contribution is -0.326. The van der Waals surface area contributed by atoms with Crippen LogP contribution in [0.5, 0.6) is 0 Å². The van der Waals surface area contributed by atoms with E-state index in [1.165, 1.54) is 12.3 Å². The summed E-state index contributed by atoms with van der Waals surface area (Å²) in [6, 6.07) is 1.26. The van der Waals surface area contributed by atoms with Crippen LogP contribution in [0, 0.1) is 17.3 Å². The van der Waals surface area contributed by atoms with Gasteiger partial charge >= 0.3 is 12.3 Å². The molecule has 2 aliphatic rings. The normalized spacial score (nSPS) is 21.9. The second-order valence-electron chi connectivity index (χ2n) is 10.6. The molecule has 0 amide bonds. The molecule has 218 valence electrons. The number of halogens is 3. The number of likely N-dealkylation sites (N-methyl/N-ethyl adjacent to an activating group) is 1. The van der Waals surface area contributed by atoms with Gasteiger partial charge in [0.2, 0.25) is 0 Å². The first-order valence-electron chi connectivity index (χ1n) is 13.3. The molecule has 0 fully saturated rings. The average molecular weight is 555 g/mol. The molecule has 0 saturated carbocycles. The van der Waals surface area contributed by atoms with Gasteiger partial charge in [-0.3, -0.25) is 9.53 Å². The largest absolute Gasteiger partial charge is 0.522 e. The molecule has 0 spiro atoms. The third-order valence-electron chi connectivity index (χ3n) is 7.00. The average Bonchev–Trinajstić information content (AvgIpc) is 2.85. The number of pyridine rings is 1. The van der Waals surface area contributed by atoms with E-state index in [-0.39, 0.29) is 35.5 Å². The fourth-order valence-corrected chi connectivity index (χ4v) is 4.96. The van der Waals surface area contributed by atoms with Crippen molar-refractivity contribution in [3.63, 3.8) is 0 Å². The van der Waals surface area contributed by atoms with Crippen molar-refractivity contribution in [3.05, 3.63) is 63.3 Å². The van der Waals surface area contributed by atoms with E-state index < -0.39 is 24.4 Å². The quantitative estimate of drug-likeness (QED) is 0.389. The van der Waals surface area contributed by atoms with Gasteiger partial charge in [-0.2, -0.15) is 0 Å². The molecular weight excluding hydrogens is 513 g/mol. The van der Waals surface area contributed by atoms with E-state index >= 15 is 0 Å². The van der Waals surface area contributed by atoms with Crippen molar-refractivity contribution in [2.24, 2.45) is 17.3 Å². The number of carboxylic acid groups (broad SMARTS) is 1. The highest BCUT2D eigenvalue weighted by Gasteiger charge is 2.38. The van der Waals surface area contributed by atoms with E-state index in [2.05, 4.69) is 30.4 Å². The number of hydrogen-bond donors (Lipinski definition) is 1. The van der Waals surface area contributed by atoms with E-state index in [0.29, 0.717) is 18.0 Å². The number of ether oxygens (including phenoxy) is 2. The van der Waals surface area contributed by atoms with Crippen LogP contribution in [0.2, 0.25) is 0 Å². The summed E-state index contributed by atoms with van der Waals surface area (Å²) < 4.78 is 48.8. The van der Waals surface area contributed by atoms with Crippen molar-refractivity contribution in [3.8, 4) is 0 Å². The molecule has 2 heterocycles. The summed E-state index contributed by atoms with van der Waals surface area (Å²) in [5.74, 6) is -0.981. The Morgan fingerprint density at radius 3 is 2.38 bits per heavy atom. The van der Waals surface area contributed by atoms with Gasteiger partial charge in [-0.25, -0.2) is 4.79 Å². The SMILES string of the molecule is CC.CCC(C)C1C(OCCOC(F)(F)F)=CC=C/C1=C1\c2cc(=O)c(C(=O)O)cn2C(C(C)(C)C)CN1C. The molecule has 1 aromatic heterocycles. The highest BCUT2D eigenvalue weighted by atomic mass is 19.4. The summed E-state index contributed by atoms with van der Waals surface area (Å²) in [4.78, 5) is 26.7. The number of nitrogens with zero attached hydrogens (tertiary/aromatic N) is 2. The lowest BCUT2D eigenvalue weighted by Crippen LogP contribution is -2.43. The highest BCUT2D eigenvalue weighted by molar-refractivity contribution is 5.87. The van der Waals surface area contributed by atoms with Crippen molar-refractivity contribution < 1.29 is 32.5 Å². The third kappa shape index (κ3) is 7.56. The van der Waals surface area contributed by atoms with E-state index in [0.717, 1.165) is 17.7 Å². The minimum Gasteiger partial charge on any atom is -0.495 e. The number of rotatable bonds is 7. The number of hydrogen-bond acceptors (Lipinski definition) is 5. The van der Waals surface area contributed by atoms with E-state index in [1.807, 2.05) is 45.4 Å². The van der Waals surface area contributed by atoms with Gasteiger partial charge in [0.25, 0.3) is 0 Å². The van der Waals surface area contributed by atoms with Crippen LogP contribution >= 0.6 is 0 Å². The maximum absolute atomic E-state index is 12.8. The van der Waals surface area contributed by atoms with Crippen LogP contribution in [0.25, 0.3) is 5.70 Å². The Morgan fingerprint density at radius 1 is 1.21 bits per heavy atom. The molecule has 39 heavy (non-hydrogen) atoms. The summed E-state index contributed by atoms with van der Waals surface area (Å²) in [6.07, 6.45) is 2.92. The maximum Gasteiger partial charge on any atom is 0.522 e. The molecule has 3 atom stereocenters. The van der Waals surface area contributed by atoms with Crippen LogP contribution in [0.15, 0.2) is 46.6 Å². The zero-order chi connectivity index (χ0) is 29.7. The summed E-state index contributed by atoms with van der Waals surface area (Å²) in [5.41, 5.74) is 1.09. The number of fused-ring (bicyclic) bond motifs is 1. The van der Waals surface area contributed by atoms with E-state index in [9.17, 15) is 27.9 Å². The smallest absolute Gasteiger partial charge is 0.495 e. The molecule has 0 saturated heterocycles. The van der Waals surface area contributed by atoms with Gasteiger partial charge in [-0.15, -0.1) is 13.2 Å². The molecule has 0 bridgehead atoms. The molecule has 0 radical (unpaired) electrons. The number of aromatic carboxylic acids is 1. The Kier molecular flexibility index (Phi) is 10.6. The van der Waals surface area contributed by atoms with Gasteiger partial charge < -0.3 is 19.3 Å². The molecule has 1 aliphatic carbocycles. The molecule has 3 unspecified atom stereocenters. The molecule has 7 nitrogen and oxygen atoms in total. The van der Waals surface area contributed by atoms with Crippen molar-refractivity contribution in [1.82, 2.24) is 9.47 Å². The zero-order valence-electron chi connectivity index (χ0n) is 24.1. The molecule has 3 rings (SSSR count). The monoisotopic (exact) mass is 554 g/mol. The minimum absolute atomic E-state index is 0.0643. The fourth-order valence-electron chi connectivity index (χ4n) is 4.96. The Labute approximate surface area is 228 Å². The zero-order valence-corrected chi connectivity index (χ0v) is 24.1. The molecular formula is C29H41F3N2O5. The van der Waals surface area contributed by atoms with Gasteiger partial charge in [-0.1, -0.05) is 67.0 Å². The number of aromatic nitrogens is 1. The Morgan fingerprint density at radius 2 is 1.85 bits per heavy atom. The summed E-state index contributed by atoms with van der Waals surface area (Å²) in [7, 11) is 1.93. The number of allylic oxidation sites excluding steroid dienone is 4.